The van der Waals surface area contributed by atoms with Gasteiger partial charge in [0.2, 0.25) is 11.8 Å². The van der Waals surface area contributed by atoms with Crippen LogP contribution < -0.4 is 15.4 Å². The second-order valence-electron chi connectivity index (χ2n) is 6.43. The van der Waals surface area contributed by atoms with Crippen LogP contribution in [0.3, 0.4) is 0 Å². The molecule has 0 unspecified atom stereocenters. The summed E-state index contributed by atoms with van der Waals surface area (Å²) in [6, 6.07) is 24.3. The molecule has 0 spiro atoms. The average Bonchev–Trinajstić information content (AvgIpc) is 2.70. The molecule has 0 atom stereocenters. The zero-order valence-electron chi connectivity index (χ0n) is 15.6. The van der Waals surface area contributed by atoms with Crippen LogP contribution in [0.25, 0.3) is 0 Å². The fourth-order valence-corrected chi connectivity index (χ4v) is 2.58. The number of aryl methyl sites for hydroxylation is 1. The number of nitrogens with one attached hydrogen (secondary N) is 2. The van der Waals surface area contributed by atoms with Crippen molar-refractivity contribution in [3.8, 4) is 11.5 Å². The standard InChI is InChI=1S/C23H22N2O3/c1-17-7-11-20(12-8-17)28-21-13-9-19(10-14-21)25-23(27)16-24-22(26)15-18-5-3-2-4-6-18/h2-14H,15-16H2,1H3,(H,24,26)(H,25,27). The average molecular weight is 374 g/mol. The molecule has 0 aliphatic rings. The maximum absolute atomic E-state index is 12.0. The van der Waals surface area contributed by atoms with Crippen molar-refractivity contribution >= 4 is 17.5 Å². The van der Waals surface area contributed by atoms with E-state index in [-0.39, 0.29) is 24.8 Å². The van der Waals surface area contributed by atoms with Crippen LogP contribution in [0.1, 0.15) is 11.1 Å². The summed E-state index contributed by atoms with van der Waals surface area (Å²) < 4.78 is 5.76. The van der Waals surface area contributed by atoms with E-state index in [4.69, 9.17) is 4.74 Å². The maximum Gasteiger partial charge on any atom is 0.243 e. The molecule has 3 aromatic carbocycles. The molecule has 0 heterocycles. The first-order chi connectivity index (χ1) is 13.6. The molecule has 0 bridgehead atoms. The predicted molar refractivity (Wildman–Crippen MR) is 109 cm³/mol. The zero-order valence-corrected chi connectivity index (χ0v) is 15.6. The Kier molecular flexibility index (Phi) is 6.41. The fraction of sp³-hybridized carbons (Fsp3) is 0.130. The lowest BCUT2D eigenvalue weighted by Gasteiger charge is -2.09. The minimum Gasteiger partial charge on any atom is -0.457 e. The van der Waals surface area contributed by atoms with Gasteiger partial charge in [-0.15, -0.1) is 0 Å². The zero-order chi connectivity index (χ0) is 19.8. The number of carbonyl (C=O) groups excluding carboxylic acids is 2. The molecule has 2 amide bonds. The number of hydrogen-bond donors (Lipinski definition) is 2. The van der Waals surface area contributed by atoms with Crippen LogP contribution in [-0.4, -0.2) is 18.4 Å². The summed E-state index contributed by atoms with van der Waals surface area (Å²) >= 11 is 0. The first kappa shape index (κ1) is 19.2. The lowest BCUT2D eigenvalue weighted by molar-refractivity contribution is -0.123. The summed E-state index contributed by atoms with van der Waals surface area (Å²) in [5, 5.41) is 5.37. The van der Waals surface area contributed by atoms with Crippen LogP contribution in [0, 0.1) is 6.92 Å². The van der Waals surface area contributed by atoms with Gasteiger partial charge in [-0.3, -0.25) is 9.59 Å². The smallest absolute Gasteiger partial charge is 0.243 e. The lowest BCUT2D eigenvalue weighted by atomic mass is 10.1. The van der Waals surface area contributed by atoms with Gasteiger partial charge in [0.1, 0.15) is 11.5 Å². The van der Waals surface area contributed by atoms with E-state index in [1.165, 1.54) is 5.56 Å². The highest BCUT2D eigenvalue weighted by atomic mass is 16.5. The molecule has 3 aromatic rings. The van der Waals surface area contributed by atoms with E-state index in [0.717, 1.165) is 11.3 Å². The van der Waals surface area contributed by atoms with Crippen molar-refractivity contribution < 1.29 is 14.3 Å². The summed E-state index contributed by atoms with van der Waals surface area (Å²) in [5.41, 5.74) is 2.71. The van der Waals surface area contributed by atoms with Crippen LogP contribution in [-0.2, 0) is 16.0 Å². The maximum atomic E-state index is 12.0. The molecule has 0 fully saturated rings. The highest BCUT2D eigenvalue weighted by Gasteiger charge is 2.07. The van der Waals surface area contributed by atoms with E-state index in [1.807, 2.05) is 61.5 Å². The fourth-order valence-electron chi connectivity index (χ4n) is 2.58. The van der Waals surface area contributed by atoms with Gasteiger partial charge in [-0.1, -0.05) is 48.0 Å². The van der Waals surface area contributed by atoms with Crippen LogP contribution in [0.15, 0.2) is 78.9 Å². The number of carbonyl (C=O) groups is 2. The van der Waals surface area contributed by atoms with Crippen LogP contribution in [0.2, 0.25) is 0 Å². The Morgan fingerprint density at radius 3 is 2.04 bits per heavy atom. The second kappa shape index (κ2) is 9.37. The Hall–Kier alpha value is -3.60. The van der Waals surface area contributed by atoms with Crippen molar-refractivity contribution in [3.05, 3.63) is 90.0 Å². The molecular formula is C23H22N2O3. The van der Waals surface area contributed by atoms with Crippen molar-refractivity contribution in [1.82, 2.24) is 5.32 Å². The third-order valence-electron chi connectivity index (χ3n) is 4.05. The molecule has 2 N–H and O–H groups in total. The Labute approximate surface area is 164 Å². The van der Waals surface area contributed by atoms with Gasteiger partial charge in [0, 0.05) is 5.69 Å². The van der Waals surface area contributed by atoms with Crippen molar-refractivity contribution in [2.45, 2.75) is 13.3 Å². The van der Waals surface area contributed by atoms with E-state index in [0.29, 0.717) is 11.4 Å². The molecule has 0 saturated carbocycles. The van der Waals surface area contributed by atoms with Crippen molar-refractivity contribution in [3.63, 3.8) is 0 Å². The number of ether oxygens (including phenoxy) is 1. The normalized spacial score (nSPS) is 10.2. The number of hydrogen-bond acceptors (Lipinski definition) is 3. The van der Waals surface area contributed by atoms with E-state index in [2.05, 4.69) is 10.6 Å². The molecule has 3 rings (SSSR count). The topological polar surface area (TPSA) is 67.4 Å². The summed E-state index contributed by atoms with van der Waals surface area (Å²) in [5.74, 6) is 0.957. The van der Waals surface area contributed by atoms with Crippen molar-refractivity contribution in [2.24, 2.45) is 0 Å². The van der Waals surface area contributed by atoms with Gasteiger partial charge >= 0.3 is 0 Å². The molecule has 0 radical (unpaired) electrons. The monoisotopic (exact) mass is 374 g/mol. The molecule has 0 aromatic heterocycles. The Morgan fingerprint density at radius 2 is 1.39 bits per heavy atom. The Balaban J connectivity index is 1.45. The van der Waals surface area contributed by atoms with Gasteiger partial charge in [0.05, 0.1) is 13.0 Å². The molecule has 5 heteroatoms. The minimum atomic E-state index is -0.284. The molecule has 142 valence electrons. The summed E-state index contributed by atoms with van der Waals surface area (Å²) in [4.78, 5) is 23.9. The van der Waals surface area contributed by atoms with Crippen LogP contribution >= 0.6 is 0 Å². The Morgan fingerprint density at radius 1 is 0.786 bits per heavy atom. The van der Waals surface area contributed by atoms with Crippen LogP contribution in [0.4, 0.5) is 5.69 Å². The van der Waals surface area contributed by atoms with Crippen molar-refractivity contribution in [2.75, 3.05) is 11.9 Å². The van der Waals surface area contributed by atoms with Gasteiger partial charge in [0.25, 0.3) is 0 Å². The molecule has 0 saturated heterocycles. The molecular weight excluding hydrogens is 352 g/mol. The van der Waals surface area contributed by atoms with Gasteiger partial charge in [0.15, 0.2) is 0 Å². The minimum absolute atomic E-state index is 0.0761. The first-order valence-corrected chi connectivity index (χ1v) is 9.03. The summed E-state index contributed by atoms with van der Waals surface area (Å²) in [7, 11) is 0. The first-order valence-electron chi connectivity index (χ1n) is 9.03. The highest BCUT2D eigenvalue weighted by Crippen LogP contribution is 2.23. The number of amides is 2. The predicted octanol–water partition coefficient (Wildman–Crippen LogP) is 4.08. The van der Waals surface area contributed by atoms with E-state index in [1.54, 1.807) is 24.3 Å². The number of rotatable bonds is 7. The number of anilines is 1. The molecule has 5 nitrogen and oxygen atoms in total. The quantitative estimate of drug-likeness (QED) is 0.655. The Bertz CT molecular complexity index is 920. The lowest BCUT2D eigenvalue weighted by Crippen LogP contribution is -2.33. The third-order valence-corrected chi connectivity index (χ3v) is 4.05. The molecule has 0 aliphatic carbocycles. The van der Waals surface area contributed by atoms with Crippen LogP contribution in [0.5, 0.6) is 11.5 Å². The second-order valence-corrected chi connectivity index (χ2v) is 6.43. The molecule has 28 heavy (non-hydrogen) atoms. The SMILES string of the molecule is Cc1ccc(Oc2ccc(NC(=O)CNC(=O)Cc3ccccc3)cc2)cc1. The van der Waals surface area contributed by atoms with Gasteiger partial charge < -0.3 is 15.4 Å². The number of benzene rings is 3. The molecule has 0 aliphatic heterocycles. The highest BCUT2D eigenvalue weighted by molar-refractivity contribution is 5.94. The van der Waals surface area contributed by atoms with E-state index in [9.17, 15) is 9.59 Å². The van der Waals surface area contributed by atoms with Gasteiger partial charge in [-0.25, -0.2) is 0 Å². The summed E-state index contributed by atoms with van der Waals surface area (Å²) in [6.07, 6.45) is 0.249. The van der Waals surface area contributed by atoms with E-state index < -0.39 is 0 Å². The van der Waals surface area contributed by atoms with Gasteiger partial charge in [-0.2, -0.15) is 0 Å². The largest absolute Gasteiger partial charge is 0.457 e. The summed E-state index contributed by atoms with van der Waals surface area (Å²) in [6.45, 7) is 1.94. The van der Waals surface area contributed by atoms with Gasteiger partial charge in [-0.05, 0) is 48.9 Å². The van der Waals surface area contributed by atoms with Crippen molar-refractivity contribution in [1.29, 1.82) is 0 Å². The third kappa shape index (κ3) is 5.99. The van der Waals surface area contributed by atoms with E-state index >= 15 is 0 Å².